The number of benzene rings is 3. The molecule has 3 aromatic carbocycles. The van der Waals surface area contributed by atoms with Crippen molar-refractivity contribution in [2.24, 2.45) is 0 Å². The molecular formula is C37H46N6O2. The Morgan fingerprint density at radius 2 is 1.62 bits per heavy atom. The van der Waals surface area contributed by atoms with Crippen molar-refractivity contribution < 1.29 is 9.47 Å². The minimum absolute atomic E-state index is 0.424. The highest BCUT2D eigenvalue weighted by Gasteiger charge is 2.35. The summed E-state index contributed by atoms with van der Waals surface area (Å²) in [5, 5.41) is 8.85. The zero-order chi connectivity index (χ0) is 30.6. The third kappa shape index (κ3) is 6.31. The second-order valence-electron chi connectivity index (χ2n) is 12.6. The van der Waals surface area contributed by atoms with Crippen molar-refractivity contribution in [3.63, 3.8) is 0 Å². The van der Waals surface area contributed by atoms with Gasteiger partial charge in [0.1, 0.15) is 23.8 Å². The lowest BCUT2D eigenvalue weighted by Crippen LogP contribution is -2.46. The summed E-state index contributed by atoms with van der Waals surface area (Å²) in [6.45, 7) is 11.2. The number of hydrogen-bond acceptors (Lipinski definition) is 7. The standard InChI is InChI=1S/C37H46N6O2/c1-3-17-41-20-16-28-10-8-12-31-36(28)33(41)25-29-11-9-15-35(37(29)31)45-27-30-26-43(39-38-30)19-7-6-18-40-21-23-42(24-22-40)32-13-4-5-14-34(32)44-2/h4-5,8-15,26,33H,3,6-7,16-25,27H2,1-2H3/t33-/m0/s1. The van der Waals surface area contributed by atoms with E-state index in [-0.39, 0.29) is 0 Å². The van der Waals surface area contributed by atoms with Crippen LogP contribution in [0.3, 0.4) is 0 Å². The molecule has 0 amide bonds. The Bertz CT molecular complexity index is 1590. The molecule has 2 aliphatic heterocycles. The minimum Gasteiger partial charge on any atom is -0.495 e. The van der Waals surface area contributed by atoms with Crippen molar-refractivity contribution in [2.75, 3.05) is 57.8 Å². The van der Waals surface area contributed by atoms with Gasteiger partial charge in [-0.15, -0.1) is 5.10 Å². The third-order valence-corrected chi connectivity index (χ3v) is 9.82. The molecule has 0 spiro atoms. The predicted octanol–water partition coefficient (Wildman–Crippen LogP) is 6.00. The number of fused-ring (bicyclic) bond motifs is 2. The van der Waals surface area contributed by atoms with Crippen LogP contribution in [0, 0.1) is 0 Å². The lowest BCUT2D eigenvalue weighted by molar-refractivity contribution is 0.182. The molecule has 8 heteroatoms. The Labute approximate surface area is 267 Å². The van der Waals surface area contributed by atoms with Gasteiger partial charge in [0.2, 0.25) is 0 Å². The van der Waals surface area contributed by atoms with Crippen LogP contribution in [0.25, 0.3) is 11.1 Å². The molecule has 1 aromatic heterocycles. The largest absolute Gasteiger partial charge is 0.495 e. The third-order valence-electron chi connectivity index (χ3n) is 9.82. The fraction of sp³-hybridized carbons (Fsp3) is 0.459. The molecule has 3 aliphatic rings. The fourth-order valence-corrected chi connectivity index (χ4v) is 7.59. The van der Waals surface area contributed by atoms with Crippen molar-refractivity contribution in [1.82, 2.24) is 24.8 Å². The molecule has 8 nitrogen and oxygen atoms in total. The number of aromatic nitrogens is 3. The number of aryl methyl sites for hydroxylation is 1. The van der Waals surface area contributed by atoms with Gasteiger partial charge < -0.3 is 14.4 Å². The lowest BCUT2D eigenvalue weighted by atomic mass is 9.77. The summed E-state index contributed by atoms with van der Waals surface area (Å²) < 4.78 is 14.0. The molecule has 0 bridgehead atoms. The second-order valence-corrected chi connectivity index (χ2v) is 12.6. The first-order valence-corrected chi connectivity index (χ1v) is 16.8. The van der Waals surface area contributed by atoms with E-state index in [9.17, 15) is 0 Å². The van der Waals surface area contributed by atoms with Gasteiger partial charge in [-0.25, -0.2) is 0 Å². The van der Waals surface area contributed by atoms with E-state index in [1.54, 1.807) is 7.11 Å². The second kappa shape index (κ2) is 13.6. The first kappa shape index (κ1) is 29.8. The van der Waals surface area contributed by atoms with Gasteiger partial charge in [0.15, 0.2) is 0 Å². The van der Waals surface area contributed by atoms with Crippen LogP contribution in [0.15, 0.2) is 66.9 Å². The number of anilines is 1. The number of piperazine rings is 1. The molecule has 0 saturated carbocycles. The van der Waals surface area contributed by atoms with Crippen LogP contribution >= 0.6 is 0 Å². The number of ether oxygens (including phenoxy) is 2. The molecule has 0 radical (unpaired) electrons. The van der Waals surface area contributed by atoms with Gasteiger partial charge in [0, 0.05) is 50.9 Å². The summed E-state index contributed by atoms with van der Waals surface area (Å²) in [6.07, 6.45) is 7.64. The summed E-state index contributed by atoms with van der Waals surface area (Å²) in [6, 6.07) is 22.2. The Balaban J connectivity index is 0.910. The van der Waals surface area contributed by atoms with Gasteiger partial charge in [-0.3, -0.25) is 14.5 Å². The van der Waals surface area contributed by atoms with Crippen LogP contribution < -0.4 is 14.4 Å². The van der Waals surface area contributed by atoms with Gasteiger partial charge >= 0.3 is 0 Å². The van der Waals surface area contributed by atoms with Crippen LogP contribution in [0.4, 0.5) is 5.69 Å². The average molecular weight is 607 g/mol. The first-order valence-electron chi connectivity index (χ1n) is 16.8. The number of unbranched alkanes of at least 4 members (excludes halogenated alkanes) is 1. The molecule has 45 heavy (non-hydrogen) atoms. The molecular weight excluding hydrogens is 560 g/mol. The quantitative estimate of drug-likeness (QED) is 0.183. The normalized spacial score (nSPS) is 18.0. The molecule has 1 aliphatic carbocycles. The number of rotatable bonds is 12. The Kier molecular flexibility index (Phi) is 9.03. The molecule has 0 unspecified atom stereocenters. The van der Waals surface area contributed by atoms with E-state index in [4.69, 9.17) is 9.47 Å². The van der Waals surface area contributed by atoms with E-state index in [2.05, 4.69) is 80.5 Å². The zero-order valence-corrected chi connectivity index (χ0v) is 26.8. The van der Waals surface area contributed by atoms with Crippen LogP contribution in [0.1, 0.15) is 54.6 Å². The van der Waals surface area contributed by atoms with Crippen molar-refractivity contribution in [3.05, 3.63) is 89.2 Å². The highest BCUT2D eigenvalue weighted by Crippen LogP contribution is 2.48. The maximum absolute atomic E-state index is 6.47. The molecule has 4 aromatic rings. The van der Waals surface area contributed by atoms with Crippen molar-refractivity contribution in [3.8, 4) is 22.6 Å². The van der Waals surface area contributed by atoms with Gasteiger partial charge in [-0.2, -0.15) is 0 Å². The van der Waals surface area contributed by atoms with E-state index < -0.39 is 0 Å². The topological polar surface area (TPSA) is 58.9 Å². The van der Waals surface area contributed by atoms with Crippen molar-refractivity contribution >= 4 is 5.69 Å². The first-order chi connectivity index (χ1) is 22.2. The summed E-state index contributed by atoms with van der Waals surface area (Å²) in [4.78, 5) is 7.69. The molecule has 1 fully saturated rings. The van der Waals surface area contributed by atoms with E-state index in [0.29, 0.717) is 12.6 Å². The minimum atomic E-state index is 0.424. The smallest absolute Gasteiger partial charge is 0.142 e. The highest BCUT2D eigenvalue weighted by atomic mass is 16.5. The van der Waals surface area contributed by atoms with Gasteiger partial charge in [-0.05, 0) is 85.6 Å². The van der Waals surface area contributed by atoms with E-state index in [1.165, 1.54) is 39.9 Å². The molecule has 1 atom stereocenters. The van der Waals surface area contributed by atoms with E-state index >= 15 is 0 Å². The number of methoxy groups -OCH3 is 1. The van der Waals surface area contributed by atoms with Gasteiger partial charge in [-0.1, -0.05) is 54.6 Å². The van der Waals surface area contributed by atoms with Gasteiger partial charge in [0.05, 0.1) is 19.0 Å². The van der Waals surface area contributed by atoms with E-state index in [1.807, 2.05) is 23.0 Å². The lowest BCUT2D eigenvalue weighted by Gasteiger charge is -2.42. The van der Waals surface area contributed by atoms with Crippen LogP contribution in [-0.2, 0) is 26.0 Å². The highest BCUT2D eigenvalue weighted by molar-refractivity contribution is 5.80. The predicted molar refractivity (Wildman–Crippen MR) is 179 cm³/mol. The molecule has 236 valence electrons. The number of para-hydroxylation sites is 2. The number of hydrogen-bond donors (Lipinski definition) is 0. The van der Waals surface area contributed by atoms with Gasteiger partial charge in [0.25, 0.3) is 0 Å². The average Bonchev–Trinajstić information content (AvgIpc) is 3.55. The van der Waals surface area contributed by atoms with Crippen LogP contribution in [-0.4, -0.2) is 77.7 Å². The Morgan fingerprint density at radius 3 is 2.49 bits per heavy atom. The van der Waals surface area contributed by atoms with Crippen LogP contribution in [0.5, 0.6) is 11.5 Å². The van der Waals surface area contributed by atoms with Crippen molar-refractivity contribution in [1.29, 1.82) is 0 Å². The van der Waals surface area contributed by atoms with Crippen LogP contribution in [0.2, 0.25) is 0 Å². The number of nitrogens with zero attached hydrogens (tertiary/aromatic N) is 6. The molecule has 7 rings (SSSR count). The summed E-state index contributed by atoms with van der Waals surface area (Å²) >= 11 is 0. The molecule has 1 saturated heterocycles. The Morgan fingerprint density at radius 1 is 0.822 bits per heavy atom. The maximum Gasteiger partial charge on any atom is 0.142 e. The van der Waals surface area contributed by atoms with E-state index in [0.717, 1.165) is 95.2 Å². The zero-order valence-electron chi connectivity index (χ0n) is 26.8. The van der Waals surface area contributed by atoms with Crippen molar-refractivity contribution in [2.45, 2.75) is 58.2 Å². The Hall–Kier alpha value is -3.88. The maximum atomic E-state index is 6.47. The monoisotopic (exact) mass is 606 g/mol. The summed E-state index contributed by atoms with van der Waals surface area (Å²) in [5.41, 5.74) is 9.09. The molecule has 0 N–H and O–H groups in total. The SMILES string of the molecule is CCCN1CCc2cccc3c2[C@@H]1Cc1cccc(OCc2cn(CCCCN4CCN(c5ccccc5OC)CC4)nn2)c1-3. The summed E-state index contributed by atoms with van der Waals surface area (Å²) in [5.74, 6) is 1.91. The summed E-state index contributed by atoms with van der Waals surface area (Å²) in [7, 11) is 1.75. The fourth-order valence-electron chi connectivity index (χ4n) is 7.59. The molecule has 3 heterocycles.